The van der Waals surface area contributed by atoms with Crippen molar-refractivity contribution < 1.29 is 24.2 Å². The fourth-order valence-corrected chi connectivity index (χ4v) is 4.15. The molecule has 0 saturated heterocycles. The number of aliphatic hydroxyl groups excluding tert-OH is 1. The molecule has 8 nitrogen and oxygen atoms in total. The predicted octanol–water partition coefficient (Wildman–Crippen LogP) is 4.80. The number of hydrogen-bond acceptors (Lipinski definition) is 5. The zero-order chi connectivity index (χ0) is 28.1. The van der Waals surface area contributed by atoms with Crippen molar-refractivity contribution >= 4 is 23.6 Å². The topological polar surface area (TPSA) is 108 Å². The molecule has 0 radical (unpaired) electrons. The number of amides is 3. The van der Waals surface area contributed by atoms with E-state index in [2.05, 4.69) is 10.6 Å². The molecule has 2 aromatic carbocycles. The van der Waals surface area contributed by atoms with Crippen LogP contribution in [0.1, 0.15) is 69.8 Å². The molecule has 0 bridgehead atoms. The molecule has 0 spiro atoms. The first-order valence-electron chi connectivity index (χ1n) is 12.4. The summed E-state index contributed by atoms with van der Waals surface area (Å²) in [6.45, 7) is 15.6. The number of benzene rings is 2. The summed E-state index contributed by atoms with van der Waals surface area (Å²) < 4.78 is 5.29. The number of aliphatic hydroxyl groups is 1. The van der Waals surface area contributed by atoms with E-state index in [4.69, 9.17) is 4.74 Å². The summed E-state index contributed by atoms with van der Waals surface area (Å²) in [5.41, 5.74) is 2.38. The van der Waals surface area contributed by atoms with Crippen molar-refractivity contribution in [3.8, 4) is 0 Å². The molecule has 0 aromatic heterocycles. The molecule has 3 N–H and O–H groups in total. The van der Waals surface area contributed by atoms with Gasteiger partial charge in [0.05, 0.1) is 6.61 Å². The van der Waals surface area contributed by atoms with Gasteiger partial charge in [-0.2, -0.15) is 0 Å². The quantitative estimate of drug-likeness (QED) is 0.495. The maximum atomic E-state index is 13.9. The monoisotopic (exact) mass is 511 g/mol. The van der Waals surface area contributed by atoms with Crippen molar-refractivity contribution in [3.63, 3.8) is 0 Å². The van der Waals surface area contributed by atoms with Crippen LogP contribution < -0.4 is 10.6 Å². The average Bonchev–Trinajstić information content (AvgIpc) is 2.74. The second-order valence-electron chi connectivity index (χ2n) is 11.4. The molecule has 0 aliphatic heterocycles. The highest BCUT2D eigenvalue weighted by molar-refractivity contribution is 5.99. The molecule has 2 aromatic rings. The van der Waals surface area contributed by atoms with Gasteiger partial charge >= 0.3 is 6.09 Å². The zero-order valence-electron chi connectivity index (χ0n) is 23.4. The summed E-state index contributed by atoms with van der Waals surface area (Å²) in [5.74, 6) is -1.01. The van der Waals surface area contributed by atoms with E-state index in [1.807, 2.05) is 77.9 Å². The van der Waals surface area contributed by atoms with Crippen molar-refractivity contribution in [3.05, 3.63) is 64.7 Å². The van der Waals surface area contributed by atoms with Gasteiger partial charge < -0.3 is 25.4 Å². The third kappa shape index (κ3) is 8.32. The number of nitrogens with zero attached hydrogens (tertiary/aromatic N) is 1. The van der Waals surface area contributed by atoms with E-state index in [0.29, 0.717) is 11.3 Å². The Labute approximate surface area is 220 Å². The van der Waals surface area contributed by atoms with Gasteiger partial charge in [-0.3, -0.25) is 9.59 Å². The van der Waals surface area contributed by atoms with Crippen LogP contribution in [0, 0.1) is 20.8 Å². The van der Waals surface area contributed by atoms with Gasteiger partial charge in [0.1, 0.15) is 17.7 Å². The number of anilines is 1. The van der Waals surface area contributed by atoms with Crippen molar-refractivity contribution in [1.82, 2.24) is 10.2 Å². The Morgan fingerprint density at radius 3 is 2.00 bits per heavy atom. The third-order valence-electron chi connectivity index (χ3n) is 5.60. The Balaban J connectivity index is 2.59. The highest BCUT2D eigenvalue weighted by Crippen LogP contribution is 2.32. The van der Waals surface area contributed by atoms with Crippen LogP contribution in [0.5, 0.6) is 0 Å². The van der Waals surface area contributed by atoms with Crippen LogP contribution in [0.15, 0.2) is 42.5 Å². The van der Waals surface area contributed by atoms with Gasteiger partial charge in [-0.25, -0.2) is 4.79 Å². The number of rotatable bonds is 7. The molecular weight excluding hydrogens is 470 g/mol. The maximum Gasteiger partial charge on any atom is 0.408 e. The summed E-state index contributed by atoms with van der Waals surface area (Å²) in [5, 5.41) is 15.5. The Hall–Kier alpha value is -3.39. The second-order valence-corrected chi connectivity index (χ2v) is 11.4. The lowest BCUT2D eigenvalue weighted by molar-refractivity contribution is -0.147. The number of para-hydroxylation sites is 1. The first kappa shape index (κ1) is 29.8. The highest BCUT2D eigenvalue weighted by atomic mass is 16.6. The molecule has 0 saturated carbocycles. The highest BCUT2D eigenvalue weighted by Gasteiger charge is 2.42. The maximum absolute atomic E-state index is 13.9. The lowest BCUT2D eigenvalue weighted by atomic mass is 9.93. The standard InChI is InChI=1S/C29H41N3O5/c1-18-14-19(2)16-21(15-18)24(25(34)30-22-13-11-10-12-20(22)3)32(28(4,5)6)26(35)23(17-33)31-27(36)37-29(7,8)9/h10-16,23-24,33H,17H2,1-9H3,(H,30,34)(H,31,36). The van der Waals surface area contributed by atoms with Crippen molar-refractivity contribution in [2.75, 3.05) is 11.9 Å². The summed E-state index contributed by atoms with van der Waals surface area (Å²) in [4.78, 5) is 41.7. The number of carbonyl (C=O) groups excluding carboxylic acids is 3. The van der Waals surface area contributed by atoms with E-state index in [9.17, 15) is 19.5 Å². The largest absolute Gasteiger partial charge is 0.444 e. The van der Waals surface area contributed by atoms with Crippen LogP contribution in [0.4, 0.5) is 10.5 Å². The molecule has 2 atom stereocenters. The minimum absolute atomic E-state index is 0.406. The summed E-state index contributed by atoms with van der Waals surface area (Å²) in [7, 11) is 0. The fourth-order valence-electron chi connectivity index (χ4n) is 4.15. The first-order chi connectivity index (χ1) is 17.0. The molecule has 0 fully saturated rings. The molecule has 202 valence electrons. The van der Waals surface area contributed by atoms with Crippen LogP contribution >= 0.6 is 0 Å². The van der Waals surface area contributed by atoms with E-state index >= 15 is 0 Å². The third-order valence-corrected chi connectivity index (χ3v) is 5.60. The van der Waals surface area contributed by atoms with Crippen LogP contribution in [-0.2, 0) is 14.3 Å². The molecule has 37 heavy (non-hydrogen) atoms. The Morgan fingerprint density at radius 2 is 1.51 bits per heavy atom. The van der Waals surface area contributed by atoms with Crippen LogP contribution in [-0.4, -0.2) is 51.7 Å². The minimum Gasteiger partial charge on any atom is -0.444 e. The van der Waals surface area contributed by atoms with E-state index in [0.717, 1.165) is 16.7 Å². The summed E-state index contributed by atoms with van der Waals surface area (Å²) in [6.07, 6.45) is -0.832. The number of carbonyl (C=O) groups is 3. The number of aryl methyl sites for hydroxylation is 3. The Kier molecular flexibility index (Phi) is 9.49. The van der Waals surface area contributed by atoms with Gasteiger partial charge in [0, 0.05) is 11.2 Å². The molecule has 3 amide bonds. The number of nitrogens with one attached hydrogen (secondary N) is 2. The smallest absolute Gasteiger partial charge is 0.408 e. The van der Waals surface area contributed by atoms with Gasteiger partial charge in [-0.05, 0) is 79.5 Å². The van der Waals surface area contributed by atoms with E-state index in [1.165, 1.54) is 4.90 Å². The SMILES string of the molecule is Cc1cc(C)cc(C(C(=O)Nc2ccccc2C)N(C(=O)C(CO)NC(=O)OC(C)(C)C)C(C)(C)C)c1. The summed E-state index contributed by atoms with van der Waals surface area (Å²) in [6, 6.07) is 10.8. The lowest BCUT2D eigenvalue weighted by Crippen LogP contribution is -2.59. The zero-order valence-corrected chi connectivity index (χ0v) is 23.4. The number of hydrogen-bond donors (Lipinski definition) is 3. The average molecular weight is 512 g/mol. The van der Waals surface area contributed by atoms with E-state index in [1.54, 1.807) is 26.8 Å². The Morgan fingerprint density at radius 1 is 0.946 bits per heavy atom. The molecule has 0 heterocycles. The van der Waals surface area contributed by atoms with Gasteiger partial charge in [0.25, 0.3) is 5.91 Å². The number of alkyl carbamates (subject to hydrolysis) is 1. The fraction of sp³-hybridized carbons (Fsp3) is 0.483. The van der Waals surface area contributed by atoms with Crippen LogP contribution in [0.3, 0.4) is 0 Å². The normalized spacial score (nSPS) is 13.4. The van der Waals surface area contributed by atoms with Crippen LogP contribution in [0.2, 0.25) is 0 Å². The first-order valence-corrected chi connectivity index (χ1v) is 12.4. The van der Waals surface area contributed by atoms with E-state index < -0.39 is 47.7 Å². The molecule has 0 aliphatic rings. The van der Waals surface area contributed by atoms with Crippen molar-refractivity contribution in [2.45, 2.75) is 85.5 Å². The lowest BCUT2D eigenvalue weighted by Gasteiger charge is -2.43. The molecule has 2 unspecified atom stereocenters. The van der Waals surface area contributed by atoms with Gasteiger partial charge in [0.2, 0.25) is 5.91 Å². The molecule has 2 rings (SSSR count). The molecular formula is C29H41N3O5. The number of ether oxygens (including phenoxy) is 1. The Bertz CT molecular complexity index is 1110. The second kappa shape index (κ2) is 11.8. The molecule has 8 heteroatoms. The minimum atomic E-state index is -1.31. The van der Waals surface area contributed by atoms with Crippen LogP contribution in [0.25, 0.3) is 0 Å². The predicted molar refractivity (Wildman–Crippen MR) is 145 cm³/mol. The van der Waals surface area contributed by atoms with Gasteiger partial charge in [-0.1, -0.05) is 47.5 Å². The van der Waals surface area contributed by atoms with Gasteiger partial charge in [-0.15, -0.1) is 0 Å². The van der Waals surface area contributed by atoms with E-state index in [-0.39, 0.29) is 0 Å². The van der Waals surface area contributed by atoms with Crippen molar-refractivity contribution in [2.24, 2.45) is 0 Å². The summed E-state index contributed by atoms with van der Waals surface area (Å²) >= 11 is 0. The van der Waals surface area contributed by atoms with Gasteiger partial charge in [0.15, 0.2) is 0 Å². The van der Waals surface area contributed by atoms with Crippen molar-refractivity contribution in [1.29, 1.82) is 0 Å². The molecule has 0 aliphatic carbocycles.